The first-order chi connectivity index (χ1) is 11.4. The Morgan fingerprint density at radius 1 is 1.46 bits per heavy atom. The number of nitrogens with one attached hydrogen (secondary N) is 1. The van der Waals surface area contributed by atoms with Crippen molar-refractivity contribution in [3.63, 3.8) is 0 Å². The van der Waals surface area contributed by atoms with E-state index in [9.17, 15) is 4.79 Å². The summed E-state index contributed by atoms with van der Waals surface area (Å²) in [6, 6.07) is 6.56. The highest BCUT2D eigenvalue weighted by Gasteiger charge is 2.55. The number of benzene rings is 1. The molecule has 2 aliphatic rings. The molecule has 3 atom stereocenters. The average Bonchev–Trinajstić information content (AvgIpc) is 3.29. The molecule has 0 bridgehead atoms. The lowest BCUT2D eigenvalue weighted by molar-refractivity contribution is -0.116. The Hall–Kier alpha value is -1.97. The molecule has 0 radical (unpaired) electrons. The number of carbonyl (C=O) groups excluding carboxylic acids is 1. The lowest BCUT2D eigenvalue weighted by atomic mass is 10.0. The first-order valence-electron chi connectivity index (χ1n) is 8.90. The quantitative estimate of drug-likeness (QED) is 0.896. The third kappa shape index (κ3) is 3.02. The zero-order valence-corrected chi connectivity index (χ0v) is 15.3. The van der Waals surface area contributed by atoms with Crippen molar-refractivity contribution in [2.75, 3.05) is 18.6 Å². The molecule has 130 valence electrons. The number of anilines is 1. The molecule has 0 saturated heterocycles. The fourth-order valence-corrected chi connectivity index (χ4v) is 3.72. The molecule has 3 unspecified atom stereocenters. The first kappa shape index (κ1) is 16.9. The van der Waals surface area contributed by atoms with Gasteiger partial charge in [-0.1, -0.05) is 12.5 Å². The molecular weight excluding hydrogens is 300 g/mol. The summed E-state index contributed by atoms with van der Waals surface area (Å²) in [7, 11) is 1.82. The lowest BCUT2D eigenvalue weighted by Crippen LogP contribution is -2.23. The Bertz CT molecular complexity index is 666. The van der Waals surface area contributed by atoms with Crippen LogP contribution in [0.15, 0.2) is 30.0 Å². The number of hydrogen-bond donors (Lipinski definition) is 1. The molecular formula is C20H28N2O2. The van der Waals surface area contributed by atoms with Crippen molar-refractivity contribution >= 4 is 11.6 Å². The summed E-state index contributed by atoms with van der Waals surface area (Å²) in [5.74, 6) is 2.67. The van der Waals surface area contributed by atoms with E-state index in [1.165, 1.54) is 11.1 Å². The molecule has 1 N–H and O–H groups in total. The molecule has 4 nitrogen and oxygen atoms in total. The molecule has 0 aromatic heterocycles. The van der Waals surface area contributed by atoms with Crippen molar-refractivity contribution in [3.05, 3.63) is 35.5 Å². The Kier molecular flexibility index (Phi) is 4.57. The molecule has 3 rings (SSSR count). The van der Waals surface area contributed by atoms with Crippen LogP contribution < -0.4 is 15.0 Å². The van der Waals surface area contributed by atoms with Gasteiger partial charge in [0.25, 0.3) is 0 Å². The topological polar surface area (TPSA) is 41.6 Å². The Balaban J connectivity index is 1.87. The molecule has 1 fully saturated rings. The maximum absolute atomic E-state index is 11.6. The largest absolute Gasteiger partial charge is 0.493 e. The highest BCUT2D eigenvalue weighted by atomic mass is 16.5. The lowest BCUT2D eigenvalue weighted by Gasteiger charge is -2.20. The number of amides is 1. The minimum Gasteiger partial charge on any atom is -0.493 e. The number of rotatable bonds is 5. The van der Waals surface area contributed by atoms with E-state index >= 15 is 0 Å². The van der Waals surface area contributed by atoms with Gasteiger partial charge in [0.05, 0.1) is 6.61 Å². The van der Waals surface area contributed by atoms with E-state index in [1.807, 2.05) is 19.2 Å². The van der Waals surface area contributed by atoms with Crippen LogP contribution >= 0.6 is 0 Å². The van der Waals surface area contributed by atoms with E-state index in [-0.39, 0.29) is 5.91 Å². The van der Waals surface area contributed by atoms with Crippen molar-refractivity contribution in [3.8, 4) is 5.75 Å². The fraction of sp³-hybridized carbons (Fsp3) is 0.550. The normalized spacial score (nSPS) is 24.8. The van der Waals surface area contributed by atoms with Crippen LogP contribution in [0.4, 0.5) is 5.69 Å². The third-order valence-corrected chi connectivity index (χ3v) is 5.25. The second kappa shape index (κ2) is 6.50. The summed E-state index contributed by atoms with van der Waals surface area (Å²) >= 11 is 0. The van der Waals surface area contributed by atoms with E-state index in [1.54, 1.807) is 11.8 Å². The van der Waals surface area contributed by atoms with Crippen molar-refractivity contribution in [2.24, 2.45) is 11.8 Å². The van der Waals surface area contributed by atoms with E-state index in [2.05, 4.69) is 38.4 Å². The zero-order valence-electron chi connectivity index (χ0n) is 15.3. The maximum Gasteiger partial charge on any atom is 0.223 e. The minimum absolute atomic E-state index is 0.0471. The molecule has 24 heavy (non-hydrogen) atoms. The summed E-state index contributed by atoms with van der Waals surface area (Å²) in [6.07, 6.45) is 3.26. The van der Waals surface area contributed by atoms with Crippen LogP contribution in [0.25, 0.3) is 0 Å². The summed E-state index contributed by atoms with van der Waals surface area (Å²) in [5.41, 5.74) is 3.67. The Morgan fingerprint density at radius 3 is 2.83 bits per heavy atom. The zero-order chi connectivity index (χ0) is 17.4. The van der Waals surface area contributed by atoms with Crippen LogP contribution in [0.1, 0.15) is 45.6 Å². The number of hydrogen-bond acceptors (Lipinski definition) is 3. The second-order valence-electron chi connectivity index (χ2n) is 7.22. The van der Waals surface area contributed by atoms with E-state index in [0.29, 0.717) is 23.8 Å². The van der Waals surface area contributed by atoms with Gasteiger partial charge in [0.1, 0.15) is 5.75 Å². The van der Waals surface area contributed by atoms with Gasteiger partial charge in [-0.3, -0.25) is 4.79 Å². The molecule has 4 heteroatoms. The molecule has 1 aliphatic carbocycles. The summed E-state index contributed by atoms with van der Waals surface area (Å²) in [4.78, 5) is 13.3. The Labute approximate surface area is 144 Å². The van der Waals surface area contributed by atoms with E-state index in [4.69, 9.17) is 4.74 Å². The summed E-state index contributed by atoms with van der Waals surface area (Å²) in [6.45, 7) is 8.93. The number of allylic oxidation sites excluding steroid dienone is 1. The smallest absolute Gasteiger partial charge is 0.223 e. The molecule has 1 saturated carbocycles. The van der Waals surface area contributed by atoms with Gasteiger partial charge in [0.2, 0.25) is 5.91 Å². The molecule has 1 aromatic carbocycles. The van der Waals surface area contributed by atoms with Gasteiger partial charge in [-0.25, -0.2) is 0 Å². The molecule has 1 amide bonds. The SMILES string of the molecule is CC/C(=C\NC(C)C)C1C2COc3ccc(N(C)C(C)=O)cc3C21. The van der Waals surface area contributed by atoms with Crippen LogP contribution in [0.2, 0.25) is 0 Å². The number of fused-ring (bicyclic) bond motifs is 3. The van der Waals surface area contributed by atoms with Gasteiger partial charge < -0.3 is 15.0 Å². The van der Waals surface area contributed by atoms with E-state index in [0.717, 1.165) is 24.5 Å². The van der Waals surface area contributed by atoms with E-state index < -0.39 is 0 Å². The molecule has 1 heterocycles. The van der Waals surface area contributed by atoms with Crippen LogP contribution in [0, 0.1) is 11.8 Å². The van der Waals surface area contributed by atoms with Crippen molar-refractivity contribution in [2.45, 2.75) is 46.1 Å². The van der Waals surface area contributed by atoms with Gasteiger partial charge in [-0.05, 0) is 50.6 Å². The van der Waals surface area contributed by atoms with Gasteiger partial charge in [-0.15, -0.1) is 0 Å². The summed E-state index contributed by atoms with van der Waals surface area (Å²) < 4.78 is 5.97. The van der Waals surface area contributed by atoms with Gasteiger partial charge in [0.15, 0.2) is 0 Å². The van der Waals surface area contributed by atoms with Crippen molar-refractivity contribution in [1.82, 2.24) is 5.32 Å². The standard InChI is InChI=1S/C20H28N2O2/c1-6-14(10-21-12(2)3)19-17-11-24-18-8-7-15(22(5)13(4)23)9-16(18)20(17)19/h7-10,12,17,19-21H,6,11H2,1-5H3/b14-10+. The van der Waals surface area contributed by atoms with Gasteiger partial charge >= 0.3 is 0 Å². The highest BCUT2D eigenvalue weighted by molar-refractivity contribution is 5.91. The fourth-order valence-electron chi connectivity index (χ4n) is 3.72. The van der Waals surface area contributed by atoms with Crippen LogP contribution in [-0.2, 0) is 4.79 Å². The van der Waals surface area contributed by atoms with Crippen LogP contribution in [0.3, 0.4) is 0 Å². The number of ether oxygens (including phenoxy) is 1. The van der Waals surface area contributed by atoms with Crippen molar-refractivity contribution < 1.29 is 9.53 Å². The molecule has 1 aliphatic heterocycles. The average molecular weight is 328 g/mol. The minimum atomic E-state index is 0.0471. The summed E-state index contributed by atoms with van der Waals surface area (Å²) in [5, 5.41) is 3.44. The number of carbonyl (C=O) groups is 1. The predicted octanol–water partition coefficient (Wildman–Crippen LogP) is 3.68. The second-order valence-corrected chi connectivity index (χ2v) is 7.22. The molecule has 0 spiro atoms. The monoisotopic (exact) mass is 328 g/mol. The predicted molar refractivity (Wildman–Crippen MR) is 97.4 cm³/mol. The number of nitrogens with zero attached hydrogens (tertiary/aromatic N) is 1. The highest BCUT2D eigenvalue weighted by Crippen LogP contribution is 2.62. The first-order valence-corrected chi connectivity index (χ1v) is 8.90. The van der Waals surface area contributed by atoms with Crippen molar-refractivity contribution in [1.29, 1.82) is 0 Å². The Morgan fingerprint density at radius 2 is 2.21 bits per heavy atom. The van der Waals surface area contributed by atoms with Gasteiger partial charge in [0, 0.05) is 43.1 Å². The van der Waals surface area contributed by atoms with Crippen LogP contribution in [0.5, 0.6) is 5.75 Å². The molecule has 1 aromatic rings. The third-order valence-electron chi connectivity index (χ3n) is 5.25. The maximum atomic E-state index is 11.6. The van der Waals surface area contributed by atoms with Gasteiger partial charge in [-0.2, -0.15) is 0 Å². The van der Waals surface area contributed by atoms with Crippen LogP contribution in [-0.4, -0.2) is 25.6 Å².